The highest BCUT2D eigenvalue weighted by atomic mass is 35.5. The molecule has 1 saturated heterocycles. The lowest BCUT2D eigenvalue weighted by atomic mass is 10.1. The van der Waals surface area contributed by atoms with Gasteiger partial charge in [-0.25, -0.2) is 0 Å². The summed E-state index contributed by atoms with van der Waals surface area (Å²) in [4.78, 5) is 2.46. The minimum atomic E-state index is 0.172. The van der Waals surface area contributed by atoms with Crippen molar-refractivity contribution in [2.75, 3.05) is 31.6 Å². The highest BCUT2D eigenvalue weighted by molar-refractivity contribution is 6.31. The van der Waals surface area contributed by atoms with E-state index in [1.165, 1.54) is 37.1 Å². The summed E-state index contributed by atoms with van der Waals surface area (Å²) >= 11 is 6.16. The van der Waals surface area contributed by atoms with Crippen LogP contribution in [0.25, 0.3) is 0 Å². The van der Waals surface area contributed by atoms with E-state index < -0.39 is 0 Å². The molecule has 2 aromatic rings. The largest absolute Gasteiger partial charge is 0.478 e. The number of halogens is 1. The average molecular weight is 386 g/mol. The third-order valence-electron chi connectivity index (χ3n) is 4.89. The SMILES string of the molecule is Cc1ccc(CNc2ccc(Cl)cc2C(=N)OCCCN2CCCC2)cc1. The van der Waals surface area contributed by atoms with Crippen molar-refractivity contribution in [2.24, 2.45) is 0 Å². The molecule has 0 unspecified atom stereocenters. The first kappa shape index (κ1) is 19.7. The van der Waals surface area contributed by atoms with Crippen molar-refractivity contribution in [3.05, 3.63) is 64.2 Å². The Morgan fingerprint density at radius 2 is 1.89 bits per heavy atom. The molecule has 0 amide bonds. The Morgan fingerprint density at radius 3 is 2.63 bits per heavy atom. The molecule has 4 nitrogen and oxygen atoms in total. The predicted molar refractivity (Wildman–Crippen MR) is 113 cm³/mol. The molecule has 0 saturated carbocycles. The minimum Gasteiger partial charge on any atom is -0.478 e. The number of aryl methyl sites for hydroxylation is 1. The van der Waals surface area contributed by atoms with Gasteiger partial charge in [0.25, 0.3) is 0 Å². The molecule has 0 spiro atoms. The zero-order chi connectivity index (χ0) is 19.1. The maximum atomic E-state index is 8.33. The van der Waals surface area contributed by atoms with Gasteiger partial charge < -0.3 is 15.0 Å². The zero-order valence-corrected chi connectivity index (χ0v) is 16.7. The second kappa shape index (κ2) is 9.77. The summed E-state index contributed by atoms with van der Waals surface area (Å²) in [5.41, 5.74) is 4.01. The molecule has 27 heavy (non-hydrogen) atoms. The third kappa shape index (κ3) is 5.98. The maximum Gasteiger partial charge on any atom is 0.215 e. The lowest BCUT2D eigenvalue weighted by Gasteiger charge is -2.16. The summed E-state index contributed by atoms with van der Waals surface area (Å²) in [5, 5.41) is 12.3. The fourth-order valence-corrected chi connectivity index (χ4v) is 3.48. The third-order valence-corrected chi connectivity index (χ3v) is 5.13. The van der Waals surface area contributed by atoms with Crippen LogP contribution in [0.4, 0.5) is 5.69 Å². The molecule has 5 heteroatoms. The van der Waals surface area contributed by atoms with Gasteiger partial charge in [-0.15, -0.1) is 0 Å². The van der Waals surface area contributed by atoms with Crippen LogP contribution in [0.2, 0.25) is 5.02 Å². The Morgan fingerprint density at radius 1 is 1.15 bits per heavy atom. The highest BCUT2D eigenvalue weighted by Crippen LogP contribution is 2.22. The fourth-order valence-electron chi connectivity index (χ4n) is 3.31. The topological polar surface area (TPSA) is 48.4 Å². The molecule has 3 rings (SSSR count). The number of hydrogen-bond donors (Lipinski definition) is 2. The monoisotopic (exact) mass is 385 g/mol. The number of benzene rings is 2. The van der Waals surface area contributed by atoms with Crippen LogP contribution in [-0.2, 0) is 11.3 Å². The summed E-state index contributed by atoms with van der Waals surface area (Å²) in [6.07, 6.45) is 3.54. The van der Waals surface area contributed by atoms with E-state index in [4.69, 9.17) is 21.7 Å². The van der Waals surface area contributed by atoms with Crippen LogP contribution in [0.5, 0.6) is 0 Å². The van der Waals surface area contributed by atoms with E-state index in [-0.39, 0.29) is 5.90 Å². The molecular weight excluding hydrogens is 358 g/mol. The number of anilines is 1. The second-order valence-electron chi connectivity index (χ2n) is 7.11. The van der Waals surface area contributed by atoms with Gasteiger partial charge in [0.2, 0.25) is 5.90 Å². The molecule has 0 aliphatic carbocycles. The number of likely N-dealkylation sites (tertiary alicyclic amines) is 1. The van der Waals surface area contributed by atoms with Crippen molar-refractivity contribution >= 4 is 23.2 Å². The Balaban J connectivity index is 1.55. The smallest absolute Gasteiger partial charge is 0.215 e. The van der Waals surface area contributed by atoms with E-state index in [1.807, 2.05) is 12.1 Å². The lowest BCUT2D eigenvalue weighted by molar-refractivity contribution is 0.254. The second-order valence-corrected chi connectivity index (χ2v) is 7.55. The first-order valence-corrected chi connectivity index (χ1v) is 10.0. The maximum absolute atomic E-state index is 8.33. The van der Waals surface area contributed by atoms with E-state index in [0.717, 1.165) is 18.7 Å². The number of nitrogens with one attached hydrogen (secondary N) is 2. The fraction of sp³-hybridized carbons (Fsp3) is 0.409. The Labute approximate surface area is 167 Å². The van der Waals surface area contributed by atoms with Gasteiger partial charge in [0.15, 0.2) is 0 Å². The molecule has 1 aliphatic rings. The molecule has 0 atom stereocenters. The van der Waals surface area contributed by atoms with Crippen molar-refractivity contribution in [2.45, 2.75) is 32.7 Å². The van der Waals surface area contributed by atoms with Crippen molar-refractivity contribution in [3.63, 3.8) is 0 Å². The normalized spacial score (nSPS) is 14.3. The van der Waals surface area contributed by atoms with E-state index in [2.05, 4.69) is 41.4 Å². The number of rotatable bonds is 8. The van der Waals surface area contributed by atoms with E-state index in [9.17, 15) is 0 Å². The van der Waals surface area contributed by atoms with Crippen LogP contribution in [0.3, 0.4) is 0 Å². The molecule has 144 valence electrons. The Hall–Kier alpha value is -2.04. The van der Waals surface area contributed by atoms with Gasteiger partial charge in [-0.05, 0) is 63.0 Å². The van der Waals surface area contributed by atoms with Crippen LogP contribution in [-0.4, -0.2) is 37.0 Å². The van der Waals surface area contributed by atoms with Crippen molar-refractivity contribution in [1.82, 2.24) is 4.90 Å². The van der Waals surface area contributed by atoms with Crippen LogP contribution < -0.4 is 5.32 Å². The van der Waals surface area contributed by atoms with Gasteiger partial charge in [0.1, 0.15) is 0 Å². The molecule has 1 fully saturated rings. The van der Waals surface area contributed by atoms with Gasteiger partial charge in [-0.1, -0.05) is 41.4 Å². The van der Waals surface area contributed by atoms with Crippen LogP contribution >= 0.6 is 11.6 Å². The Bertz CT molecular complexity index is 755. The Kier molecular flexibility index (Phi) is 7.13. The molecule has 2 aromatic carbocycles. The van der Waals surface area contributed by atoms with Crippen LogP contribution in [0.1, 0.15) is 36.0 Å². The predicted octanol–water partition coefficient (Wildman–Crippen LogP) is 5.09. The van der Waals surface area contributed by atoms with Crippen LogP contribution in [0.15, 0.2) is 42.5 Å². The van der Waals surface area contributed by atoms with Crippen molar-refractivity contribution < 1.29 is 4.74 Å². The van der Waals surface area contributed by atoms with Gasteiger partial charge in [-0.2, -0.15) is 0 Å². The van der Waals surface area contributed by atoms with Crippen molar-refractivity contribution in [1.29, 1.82) is 5.41 Å². The minimum absolute atomic E-state index is 0.172. The number of nitrogens with zero attached hydrogens (tertiary/aromatic N) is 1. The standard InChI is InChI=1S/C22H28ClN3O/c1-17-5-7-18(8-6-17)16-25-21-10-9-19(23)15-20(21)22(24)27-14-4-13-26-11-2-3-12-26/h5-10,15,24-25H,2-4,11-14,16H2,1H3. The summed E-state index contributed by atoms with van der Waals surface area (Å²) in [6, 6.07) is 14.0. The van der Waals surface area contributed by atoms with Gasteiger partial charge in [0.05, 0.1) is 12.2 Å². The van der Waals surface area contributed by atoms with E-state index in [1.54, 1.807) is 6.07 Å². The average Bonchev–Trinajstić information content (AvgIpc) is 3.19. The van der Waals surface area contributed by atoms with Gasteiger partial charge >= 0.3 is 0 Å². The molecule has 0 aromatic heterocycles. The van der Waals surface area contributed by atoms with Crippen LogP contribution in [0, 0.1) is 12.3 Å². The molecular formula is C22H28ClN3O. The summed E-state index contributed by atoms with van der Waals surface area (Å²) in [6.45, 7) is 6.76. The summed E-state index contributed by atoms with van der Waals surface area (Å²) in [5.74, 6) is 0.172. The zero-order valence-electron chi connectivity index (χ0n) is 15.9. The summed E-state index contributed by atoms with van der Waals surface area (Å²) < 4.78 is 5.71. The number of hydrogen-bond acceptors (Lipinski definition) is 4. The highest BCUT2D eigenvalue weighted by Gasteiger charge is 2.13. The van der Waals surface area contributed by atoms with Gasteiger partial charge in [0, 0.05) is 23.8 Å². The number of ether oxygens (including phenoxy) is 1. The molecule has 1 heterocycles. The molecule has 1 aliphatic heterocycles. The first-order valence-electron chi connectivity index (χ1n) is 9.65. The molecule has 2 N–H and O–H groups in total. The lowest BCUT2D eigenvalue weighted by Crippen LogP contribution is -2.22. The van der Waals surface area contributed by atoms with E-state index in [0.29, 0.717) is 23.7 Å². The van der Waals surface area contributed by atoms with Crippen molar-refractivity contribution in [3.8, 4) is 0 Å². The molecule has 0 radical (unpaired) electrons. The quantitative estimate of drug-likeness (QED) is 0.378. The summed E-state index contributed by atoms with van der Waals surface area (Å²) in [7, 11) is 0. The van der Waals surface area contributed by atoms with Gasteiger partial charge in [-0.3, -0.25) is 5.41 Å². The van der Waals surface area contributed by atoms with E-state index >= 15 is 0 Å². The molecule has 0 bridgehead atoms. The first-order chi connectivity index (χ1) is 13.1.